The Morgan fingerprint density at radius 2 is 1.39 bits per heavy atom. The van der Waals surface area contributed by atoms with Gasteiger partial charge in [0.2, 0.25) is 0 Å². The first-order valence-corrected chi connectivity index (χ1v) is 9.24. The van der Waals surface area contributed by atoms with E-state index in [0.717, 1.165) is 17.7 Å². The number of rotatable bonds is 10. The van der Waals surface area contributed by atoms with Crippen LogP contribution in [0.5, 0.6) is 23.0 Å². The molecule has 0 bridgehead atoms. The maximum Gasteiger partial charge on any atom is 0.258 e. The van der Waals surface area contributed by atoms with E-state index in [9.17, 15) is 4.79 Å². The zero-order valence-corrected chi connectivity index (χ0v) is 17.2. The summed E-state index contributed by atoms with van der Waals surface area (Å²) < 4.78 is 21.3. The molecule has 6 nitrogen and oxygen atoms in total. The fourth-order valence-corrected chi connectivity index (χ4v) is 2.84. The van der Waals surface area contributed by atoms with Gasteiger partial charge in [-0.1, -0.05) is 26.0 Å². The van der Waals surface area contributed by atoms with Crippen molar-refractivity contribution in [2.75, 3.05) is 27.9 Å². The lowest BCUT2D eigenvalue weighted by molar-refractivity contribution is -0.124. The SMILES string of the molecule is COc1ccc([C@H](CC(C)C)NC(=O)COc2cc(OC)cc(OC)c2)cc1. The second-order valence-corrected chi connectivity index (χ2v) is 6.86. The van der Waals surface area contributed by atoms with Crippen molar-refractivity contribution in [1.29, 1.82) is 0 Å². The summed E-state index contributed by atoms with van der Waals surface area (Å²) in [5.74, 6) is 2.74. The van der Waals surface area contributed by atoms with Crippen LogP contribution < -0.4 is 24.3 Å². The van der Waals surface area contributed by atoms with E-state index in [1.54, 1.807) is 39.5 Å². The van der Waals surface area contributed by atoms with Crippen LogP contribution in [0.4, 0.5) is 0 Å². The van der Waals surface area contributed by atoms with E-state index in [1.165, 1.54) is 0 Å². The Bertz CT molecular complexity index is 736. The number of carbonyl (C=O) groups is 1. The normalized spacial score (nSPS) is 11.6. The summed E-state index contributed by atoms with van der Waals surface area (Å²) in [6, 6.07) is 12.8. The third-order valence-electron chi connectivity index (χ3n) is 4.26. The molecular formula is C22H29NO5. The first kappa shape index (κ1) is 21.4. The molecule has 0 heterocycles. The van der Waals surface area contributed by atoms with Gasteiger partial charge in [0.05, 0.1) is 27.4 Å². The molecule has 1 N–H and O–H groups in total. The molecule has 0 saturated carbocycles. The number of methoxy groups -OCH3 is 3. The molecule has 6 heteroatoms. The molecule has 0 saturated heterocycles. The Labute approximate surface area is 166 Å². The standard InChI is InChI=1S/C22H29NO5/c1-15(2)10-21(16-6-8-17(25-3)9-7-16)23-22(24)14-28-20-12-18(26-4)11-19(13-20)27-5/h6-9,11-13,15,21H,10,14H2,1-5H3,(H,23,24)/t21-/m0/s1. The summed E-state index contributed by atoms with van der Waals surface area (Å²) in [6.45, 7) is 4.16. The van der Waals surface area contributed by atoms with Crippen molar-refractivity contribution in [3.63, 3.8) is 0 Å². The summed E-state index contributed by atoms with van der Waals surface area (Å²) in [5, 5.41) is 3.06. The van der Waals surface area contributed by atoms with E-state index in [0.29, 0.717) is 23.2 Å². The Kier molecular flexibility index (Phi) is 7.99. The van der Waals surface area contributed by atoms with Crippen LogP contribution >= 0.6 is 0 Å². The molecule has 28 heavy (non-hydrogen) atoms. The van der Waals surface area contributed by atoms with Gasteiger partial charge >= 0.3 is 0 Å². The Hall–Kier alpha value is -2.89. The van der Waals surface area contributed by atoms with Crippen LogP contribution in [0.1, 0.15) is 31.9 Å². The predicted molar refractivity (Wildman–Crippen MR) is 108 cm³/mol. The van der Waals surface area contributed by atoms with Crippen LogP contribution in [-0.2, 0) is 4.79 Å². The van der Waals surface area contributed by atoms with Crippen LogP contribution in [-0.4, -0.2) is 33.8 Å². The zero-order chi connectivity index (χ0) is 20.5. The van der Waals surface area contributed by atoms with Gasteiger partial charge in [0, 0.05) is 18.2 Å². The summed E-state index contributed by atoms with van der Waals surface area (Å²) in [4.78, 5) is 12.5. The van der Waals surface area contributed by atoms with E-state index in [2.05, 4.69) is 19.2 Å². The van der Waals surface area contributed by atoms with Gasteiger partial charge in [-0.05, 0) is 30.0 Å². The van der Waals surface area contributed by atoms with Crippen LogP contribution in [0.2, 0.25) is 0 Å². The monoisotopic (exact) mass is 387 g/mol. The van der Waals surface area contributed by atoms with Gasteiger partial charge in [-0.2, -0.15) is 0 Å². The van der Waals surface area contributed by atoms with E-state index in [-0.39, 0.29) is 18.6 Å². The van der Waals surface area contributed by atoms with Gasteiger partial charge in [-0.3, -0.25) is 4.79 Å². The molecule has 0 fully saturated rings. The van der Waals surface area contributed by atoms with Crippen molar-refractivity contribution in [3.05, 3.63) is 48.0 Å². The number of hydrogen-bond donors (Lipinski definition) is 1. The third-order valence-corrected chi connectivity index (χ3v) is 4.26. The molecule has 0 unspecified atom stereocenters. The highest BCUT2D eigenvalue weighted by Crippen LogP contribution is 2.27. The van der Waals surface area contributed by atoms with Crippen molar-refractivity contribution in [1.82, 2.24) is 5.32 Å². The van der Waals surface area contributed by atoms with Crippen molar-refractivity contribution in [2.45, 2.75) is 26.3 Å². The lowest BCUT2D eigenvalue weighted by Crippen LogP contribution is -2.33. The predicted octanol–water partition coefficient (Wildman–Crippen LogP) is 3.99. The molecule has 0 aliphatic rings. The van der Waals surface area contributed by atoms with E-state index in [1.807, 2.05) is 24.3 Å². The Morgan fingerprint density at radius 1 is 0.857 bits per heavy atom. The Morgan fingerprint density at radius 3 is 1.89 bits per heavy atom. The molecule has 0 spiro atoms. The third kappa shape index (κ3) is 6.37. The van der Waals surface area contributed by atoms with Gasteiger partial charge in [-0.25, -0.2) is 0 Å². The number of ether oxygens (including phenoxy) is 4. The minimum Gasteiger partial charge on any atom is -0.497 e. The van der Waals surface area contributed by atoms with E-state index >= 15 is 0 Å². The summed E-state index contributed by atoms with van der Waals surface area (Å²) in [5.41, 5.74) is 1.03. The maximum absolute atomic E-state index is 12.5. The molecule has 152 valence electrons. The molecular weight excluding hydrogens is 358 g/mol. The molecule has 2 aromatic rings. The number of nitrogens with one attached hydrogen (secondary N) is 1. The fraction of sp³-hybridized carbons (Fsp3) is 0.409. The number of carbonyl (C=O) groups excluding carboxylic acids is 1. The minimum absolute atomic E-state index is 0.0955. The summed E-state index contributed by atoms with van der Waals surface area (Å²) in [6.07, 6.45) is 0.824. The smallest absolute Gasteiger partial charge is 0.258 e. The average molecular weight is 387 g/mol. The van der Waals surface area contributed by atoms with Gasteiger partial charge in [0.25, 0.3) is 5.91 Å². The molecule has 0 aromatic heterocycles. The van der Waals surface area contributed by atoms with E-state index < -0.39 is 0 Å². The van der Waals surface area contributed by atoms with E-state index in [4.69, 9.17) is 18.9 Å². The number of benzene rings is 2. The number of hydrogen-bond acceptors (Lipinski definition) is 5. The highest BCUT2D eigenvalue weighted by Gasteiger charge is 2.17. The average Bonchev–Trinajstić information content (AvgIpc) is 2.71. The fourth-order valence-electron chi connectivity index (χ4n) is 2.84. The topological polar surface area (TPSA) is 66.0 Å². The molecule has 2 rings (SSSR count). The molecule has 1 amide bonds. The molecule has 0 aliphatic heterocycles. The molecule has 2 aromatic carbocycles. The van der Waals surface area contributed by atoms with Gasteiger partial charge in [0.15, 0.2) is 6.61 Å². The second kappa shape index (κ2) is 10.4. The maximum atomic E-state index is 12.5. The van der Waals surface area contributed by atoms with Crippen LogP contribution in [0.25, 0.3) is 0 Å². The zero-order valence-electron chi connectivity index (χ0n) is 17.2. The van der Waals surface area contributed by atoms with Crippen molar-refractivity contribution >= 4 is 5.91 Å². The lowest BCUT2D eigenvalue weighted by atomic mass is 9.97. The first-order valence-electron chi connectivity index (χ1n) is 9.24. The molecule has 1 atom stereocenters. The largest absolute Gasteiger partial charge is 0.497 e. The highest BCUT2D eigenvalue weighted by molar-refractivity contribution is 5.78. The number of amides is 1. The summed E-state index contributed by atoms with van der Waals surface area (Å²) in [7, 11) is 4.76. The Balaban J connectivity index is 2.03. The van der Waals surface area contributed by atoms with Crippen LogP contribution in [0, 0.1) is 5.92 Å². The molecule has 0 aliphatic carbocycles. The van der Waals surface area contributed by atoms with Gasteiger partial charge < -0.3 is 24.3 Å². The van der Waals surface area contributed by atoms with Gasteiger partial charge in [0.1, 0.15) is 23.0 Å². The van der Waals surface area contributed by atoms with Crippen molar-refractivity contribution in [2.24, 2.45) is 5.92 Å². The second-order valence-electron chi connectivity index (χ2n) is 6.86. The van der Waals surface area contributed by atoms with Gasteiger partial charge in [-0.15, -0.1) is 0 Å². The lowest BCUT2D eigenvalue weighted by Gasteiger charge is -2.21. The van der Waals surface area contributed by atoms with Crippen molar-refractivity contribution in [3.8, 4) is 23.0 Å². The van der Waals surface area contributed by atoms with Crippen LogP contribution in [0.15, 0.2) is 42.5 Å². The highest BCUT2D eigenvalue weighted by atomic mass is 16.5. The minimum atomic E-state index is -0.191. The first-order chi connectivity index (χ1) is 13.4. The quantitative estimate of drug-likeness (QED) is 0.668. The summed E-state index contributed by atoms with van der Waals surface area (Å²) >= 11 is 0. The molecule has 0 radical (unpaired) electrons. The van der Waals surface area contributed by atoms with Crippen molar-refractivity contribution < 1.29 is 23.7 Å². The van der Waals surface area contributed by atoms with Crippen LogP contribution in [0.3, 0.4) is 0 Å².